The van der Waals surface area contributed by atoms with E-state index in [1.54, 1.807) is 0 Å². The summed E-state index contributed by atoms with van der Waals surface area (Å²) in [5, 5.41) is 8.99. The molecule has 0 aliphatic heterocycles. The third kappa shape index (κ3) is 3.22. The maximum atomic E-state index is 10.9. The average molecular weight is 244 g/mol. The molecule has 0 saturated heterocycles. The SMILES string of the molecule is Cc1ccc(C2CCCCC/C2=C\C(=O)O)cc1. The lowest BCUT2D eigenvalue weighted by atomic mass is 9.87. The van der Waals surface area contributed by atoms with Gasteiger partial charge in [-0.2, -0.15) is 0 Å². The second-order valence-electron chi connectivity index (χ2n) is 5.12. The van der Waals surface area contributed by atoms with Crippen LogP contribution in [0.3, 0.4) is 0 Å². The van der Waals surface area contributed by atoms with Crippen LogP contribution in [0, 0.1) is 6.92 Å². The fourth-order valence-corrected chi connectivity index (χ4v) is 2.72. The van der Waals surface area contributed by atoms with Gasteiger partial charge in [0, 0.05) is 12.0 Å². The van der Waals surface area contributed by atoms with E-state index >= 15 is 0 Å². The zero-order valence-corrected chi connectivity index (χ0v) is 10.9. The molecule has 0 amide bonds. The number of carboxylic acid groups (broad SMARTS) is 1. The number of allylic oxidation sites excluding steroid dienone is 1. The van der Waals surface area contributed by atoms with Gasteiger partial charge in [0.1, 0.15) is 0 Å². The van der Waals surface area contributed by atoms with Gasteiger partial charge in [-0.15, -0.1) is 0 Å². The summed E-state index contributed by atoms with van der Waals surface area (Å²) in [6.45, 7) is 2.07. The lowest BCUT2D eigenvalue weighted by Gasteiger charge is -2.18. The smallest absolute Gasteiger partial charge is 0.328 e. The number of benzene rings is 1. The first-order chi connectivity index (χ1) is 8.66. The van der Waals surface area contributed by atoms with Crippen LogP contribution < -0.4 is 0 Å². The monoisotopic (exact) mass is 244 g/mol. The number of hydrogen-bond donors (Lipinski definition) is 1. The zero-order chi connectivity index (χ0) is 13.0. The molecule has 0 heterocycles. The van der Waals surface area contributed by atoms with E-state index in [0.29, 0.717) is 5.92 Å². The topological polar surface area (TPSA) is 37.3 Å². The summed E-state index contributed by atoms with van der Waals surface area (Å²) in [5.74, 6) is -0.520. The summed E-state index contributed by atoms with van der Waals surface area (Å²) in [5.41, 5.74) is 3.59. The van der Waals surface area contributed by atoms with Crippen LogP contribution in [0.4, 0.5) is 0 Å². The average Bonchev–Trinajstić information content (AvgIpc) is 2.55. The van der Waals surface area contributed by atoms with Gasteiger partial charge in [0.25, 0.3) is 0 Å². The summed E-state index contributed by atoms with van der Waals surface area (Å²) in [6, 6.07) is 8.50. The Labute approximate surface area is 108 Å². The summed E-state index contributed by atoms with van der Waals surface area (Å²) >= 11 is 0. The van der Waals surface area contributed by atoms with Crippen molar-refractivity contribution < 1.29 is 9.90 Å². The number of hydrogen-bond acceptors (Lipinski definition) is 1. The molecule has 1 aliphatic rings. The Morgan fingerprint density at radius 3 is 2.61 bits per heavy atom. The Hall–Kier alpha value is -1.57. The number of aryl methyl sites for hydroxylation is 1. The van der Waals surface area contributed by atoms with Gasteiger partial charge in [0.15, 0.2) is 0 Å². The van der Waals surface area contributed by atoms with Crippen molar-refractivity contribution in [2.24, 2.45) is 0 Å². The second kappa shape index (κ2) is 5.85. The standard InChI is InChI=1S/C16H20O2/c1-12-7-9-13(10-8-12)15-6-4-2-3-5-14(15)11-16(17)18/h7-11,15H,2-6H2,1H3,(H,17,18)/b14-11+. The highest BCUT2D eigenvalue weighted by Crippen LogP contribution is 2.36. The van der Waals surface area contributed by atoms with Gasteiger partial charge in [0.2, 0.25) is 0 Å². The highest BCUT2D eigenvalue weighted by molar-refractivity contribution is 5.81. The van der Waals surface area contributed by atoms with Crippen LogP contribution >= 0.6 is 0 Å². The van der Waals surface area contributed by atoms with Crippen molar-refractivity contribution in [3.8, 4) is 0 Å². The fraction of sp³-hybridized carbons (Fsp3) is 0.438. The number of aliphatic carboxylic acids is 1. The van der Waals surface area contributed by atoms with Gasteiger partial charge < -0.3 is 5.11 Å². The zero-order valence-electron chi connectivity index (χ0n) is 10.9. The molecule has 1 fully saturated rings. The van der Waals surface area contributed by atoms with Crippen molar-refractivity contribution in [2.45, 2.75) is 44.9 Å². The lowest BCUT2D eigenvalue weighted by molar-refractivity contribution is -0.131. The van der Waals surface area contributed by atoms with Crippen molar-refractivity contribution in [1.82, 2.24) is 0 Å². The molecule has 2 heteroatoms. The molecule has 1 atom stereocenters. The predicted octanol–water partition coefficient (Wildman–Crippen LogP) is 4.05. The van der Waals surface area contributed by atoms with E-state index in [9.17, 15) is 4.79 Å². The Kier molecular flexibility index (Phi) is 4.19. The maximum absolute atomic E-state index is 10.9. The molecule has 1 N–H and O–H groups in total. The third-order valence-corrected chi connectivity index (χ3v) is 3.69. The van der Waals surface area contributed by atoms with Crippen LogP contribution in [0.1, 0.15) is 49.1 Å². The highest BCUT2D eigenvalue weighted by Gasteiger charge is 2.19. The summed E-state index contributed by atoms with van der Waals surface area (Å²) in [4.78, 5) is 10.9. The number of carbonyl (C=O) groups is 1. The van der Waals surface area contributed by atoms with E-state index in [2.05, 4.69) is 31.2 Å². The first-order valence-corrected chi connectivity index (χ1v) is 6.67. The highest BCUT2D eigenvalue weighted by atomic mass is 16.4. The molecule has 0 radical (unpaired) electrons. The van der Waals surface area contributed by atoms with E-state index in [0.717, 1.165) is 24.8 Å². The minimum Gasteiger partial charge on any atom is -0.478 e. The summed E-state index contributed by atoms with van der Waals surface area (Å²) in [6.07, 6.45) is 6.93. The van der Waals surface area contributed by atoms with Crippen LogP contribution in [0.2, 0.25) is 0 Å². The molecule has 1 aromatic carbocycles. The van der Waals surface area contributed by atoms with Gasteiger partial charge in [-0.05, 0) is 31.7 Å². The van der Waals surface area contributed by atoms with Crippen molar-refractivity contribution >= 4 is 5.97 Å². The van der Waals surface area contributed by atoms with Crippen LogP contribution in [-0.2, 0) is 4.79 Å². The van der Waals surface area contributed by atoms with E-state index in [1.807, 2.05) is 0 Å². The molecule has 1 aromatic rings. The molecule has 1 aliphatic carbocycles. The molecule has 0 aromatic heterocycles. The van der Waals surface area contributed by atoms with E-state index < -0.39 is 5.97 Å². The third-order valence-electron chi connectivity index (χ3n) is 3.69. The molecule has 1 saturated carbocycles. The number of rotatable bonds is 2. The van der Waals surface area contributed by atoms with Gasteiger partial charge in [-0.3, -0.25) is 0 Å². The first kappa shape index (κ1) is 12.9. The minimum atomic E-state index is -0.816. The van der Waals surface area contributed by atoms with Crippen LogP contribution in [0.15, 0.2) is 35.9 Å². The van der Waals surface area contributed by atoms with Crippen molar-refractivity contribution in [3.63, 3.8) is 0 Å². The van der Waals surface area contributed by atoms with Gasteiger partial charge in [-0.25, -0.2) is 4.79 Å². The molecule has 96 valence electrons. The van der Waals surface area contributed by atoms with Gasteiger partial charge in [0.05, 0.1) is 0 Å². The van der Waals surface area contributed by atoms with Crippen LogP contribution in [0.25, 0.3) is 0 Å². The van der Waals surface area contributed by atoms with E-state index in [1.165, 1.54) is 30.0 Å². The van der Waals surface area contributed by atoms with Crippen LogP contribution in [-0.4, -0.2) is 11.1 Å². The van der Waals surface area contributed by atoms with Crippen molar-refractivity contribution in [2.75, 3.05) is 0 Å². The normalized spacial score (nSPS) is 22.7. The Morgan fingerprint density at radius 2 is 1.94 bits per heavy atom. The molecule has 1 unspecified atom stereocenters. The predicted molar refractivity (Wildman–Crippen MR) is 72.7 cm³/mol. The largest absolute Gasteiger partial charge is 0.478 e. The van der Waals surface area contributed by atoms with Gasteiger partial charge >= 0.3 is 5.97 Å². The van der Waals surface area contributed by atoms with E-state index in [-0.39, 0.29) is 0 Å². The minimum absolute atomic E-state index is 0.296. The molecule has 0 spiro atoms. The van der Waals surface area contributed by atoms with Gasteiger partial charge in [-0.1, -0.05) is 48.2 Å². The molecule has 18 heavy (non-hydrogen) atoms. The van der Waals surface area contributed by atoms with E-state index in [4.69, 9.17) is 5.11 Å². The van der Waals surface area contributed by atoms with Crippen LogP contribution in [0.5, 0.6) is 0 Å². The molecular formula is C16H20O2. The van der Waals surface area contributed by atoms with Crippen molar-refractivity contribution in [1.29, 1.82) is 0 Å². The molecule has 2 rings (SSSR count). The number of carboxylic acids is 1. The first-order valence-electron chi connectivity index (χ1n) is 6.67. The fourth-order valence-electron chi connectivity index (χ4n) is 2.72. The quantitative estimate of drug-likeness (QED) is 0.629. The Morgan fingerprint density at radius 1 is 1.22 bits per heavy atom. The Balaban J connectivity index is 2.30. The lowest BCUT2D eigenvalue weighted by Crippen LogP contribution is -2.04. The summed E-state index contributed by atoms with van der Waals surface area (Å²) < 4.78 is 0. The summed E-state index contributed by atoms with van der Waals surface area (Å²) in [7, 11) is 0. The molecule has 0 bridgehead atoms. The Bertz CT molecular complexity index is 443. The van der Waals surface area contributed by atoms with Crippen molar-refractivity contribution in [3.05, 3.63) is 47.0 Å². The molecule has 2 nitrogen and oxygen atoms in total. The molecular weight excluding hydrogens is 224 g/mol. The maximum Gasteiger partial charge on any atom is 0.328 e. The second-order valence-corrected chi connectivity index (χ2v) is 5.12.